The van der Waals surface area contributed by atoms with Crippen LogP contribution in [0.15, 0.2) is 48.5 Å². The molecule has 0 saturated carbocycles. The minimum absolute atomic E-state index is 0.0608. The van der Waals surface area contributed by atoms with Gasteiger partial charge in [0, 0.05) is 25.2 Å². The highest BCUT2D eigenvalue weighted by Gasteiger charge is 2.15. The number of benzene rings is 2. The number of carbonyl (C=O) groups excluding carboxylic acids is 2. The zero-order chi connectivity index (χ0) is 19.6. The zero-order valence-electron chi connectivity index (χ0n) is 16.3. The lowest BCUT2D eigenvalue weighted by Gasteiger charge is -2.23. The van der Waals surface area contributed by atoms with Crippen LogP contribution in [-0.4, -0.2) is 25.1 Å². The van der Waals surface area contributed by atoms with E-state index in [2.05, 4.69) is 5.32 Å². The molecule has 27 heavy (non-hydrogen) atoms. The number of hydrogen-bond donors (Lipinski definition) is 1. The van der Waals surface area contributed by atoms with E-state index in [1.807, 2.05) is 69.3 Å². The molecule has 0 aliphatic heterocycles. The molecule has 2 amide bonds. The Kier molecular flexibility index (Phi) is 7.86. The first-order valence-corrected chi connectivity index (χ1v) is 9.33. The number of aryl methyl sites for hydroxylation is 2. The summed E-state index contributed by atoms with van der Waals surface area (Å²) in [7, 11) is 0. The summed E-state index contributed by atoms with van der Waals surface area (Å²) in [4.78, 5) is 26.1. The highest BCUT2D eigenvalue weighted by Crippen LogP contribution is 2.22. The van der Waals surface area contributed by atoms with Crippen LogP contribution in [0.3, 0.4) is 0 Å². The fourth-order valence-electron chi connectivity index (χ4n) is 2.83. The van der Waals surface area contributed by atoms with E-state index in [9.17, 15) is 9.59 Å². The Morgan fingerprint density at radius 2 is 1.81 bits per heavy atom. The Balaban J connectivity index is 1.74. The number of ether oxygens (including phenoxy) is 1. The number of alkyl carbamates (subject to hydrolysis) is 1. The normalized spacial score (nSPS) is 10.3. The molecule has 0 heterocycles. The largest absolute Gasteiger partial charge is 0.445 e. The Morgan fingerprint density at radius 1 is 1.07 bits per heavy atom. The summed E-state index contributed by atoms with van der Waals surface area (Å²) in [5.74, 6) is 0.0608. The molecule has 2 aromatic carbocycles. The SMILES string of the molecule is CCN(C(=O)CCCNC(=O)OCc1ccccc1)c1cc(C)ccc1C. The van der Waals surface area contributed by atoms with Crippen LogP contribution < -0.4 is 10.2 Å². The number of amides is 2. The molecule has 0 saturated heterocycles. The van der Waals surface area contributed by atoms with Gasteiger partial charge in [0.2, 0.25) is 5.91 Å². The van der Waals surface area contributed by atoms with Gasteiger partial charge < -0.3 is 15.0 Å². The summed E-state index contributed by atoms with van der Waals surface area (Å²) < 4.78 is 5.16. The van der Waals surface area contributed by atoms with Crippen molar-refractivity contribution >= 4 is 17.7 Å². The van der Waals surface area contributed by atoms with Crippen molar-refractivity contribution in [1.29, 1.82) is 0 Å². The third kappa shape index (κ3) is 6.44. The lowest BCUT2D eigenvalue weighted by atomic mass is 10.1. The summed E-state index contributed by atoms with van der Waals surface area (Å²) in [6, 6.07) is 15.6. The van der Waals surface area contributed by atoms with E-state index in [0.29, 0.717) is 25.9 Å². The number of nitrogens with zero attached hydrogens (tertiary/aromatic N) is 1. The predicted molar refractivity (Wildman–Crippen MR) is 108 cm³/mol. The second-order valence-electron chi connectivity index (χ2n) is 6.52. The molecule has 0 atom stereocenters. The maximum absolute atomic E-state index is 12.6. The minimum atomic E-state index is -0.465. The van der Waals surface area contributed by atoms with Crippen molar-refractivity contribution in [2.45, 2.75) is 40.2 Å². The van der Waals surface area contributed by atoms with E-state index in [-0.39, 0.29) is 12.5 Å². The molecule has 1 N–H and O–H groups in total. The van der Waals surface area contributed by atoms with Gasteiger partial charge in [-0.3, -0.25) is 4.79 Å². The maximum Gasteiger partial charge on any atom is 0.407 e. The van der Waals surface area contributed by atoms with Crippen molar-refractivity contribution < 1.29 is 14.3 Å². The maximum atomic E-state index is 12.6. The fraction of sp³-hybridized carbons (Fsp3) is 0.364. The number of carbonyl (C=O) groups is 2. The average Bonchev–Trinajstić information content (AvgIpc) is 2.67. The van der Waals surface area contributed by atoms with E-state index in [1.165, 1.54) is 0 Å². The van der Waals surface area contributed by atoms with Gasteiger partial charge in [-0.1, -0.05) is 42.5 Å². The summed E-state index contributed by atoms with van der Waals surface area (Å²) in [5, 5.41) is 2.69. The van der Waals surface area contributed by atoms with Crippen LogP contribution in [0.25, 0.3) is 0 Å². The van der Waals surface area contributed by atoms with E-state index >= 15 is 0 Å². The zero-order valence-corrected chi connectivity index (χ0v) is 16.3. The van der Waals surface area contributed by atoms with Crippen molar-refractivity contribution in [2.75, 3.05) is 18.0 Å². The minimum Gasteiger partial charge on any atom is -0.445 e. The van der Waals surface area contributed by atoms with Gasteiger partial charge in [-0.25, -0.2) is 4.79 Å². The van der Waals surface area contributed by atoms with E-state index in [4.69, 9.17) is 4.74 Å². The van der Waals surface area contributed by atoms with Crippen LogP contribution in [0.2, 0.25) is 0 Å². The van der Waals surface area contributed by atoms with Gasteiger partial charge in [0.25, 0.3) is 0 Å². The molecular formula is C22H28N2O3. The second kappa shape index (κ2) is 10.4. The van der Waals surface area contributed by atoms with Crippen LogP contribution in [0.4, 0.5) is 10.5 Å². The lowest BCUT2D eigenvalue weighted by molar-refractivity contribution is -0.118. The Bertz CT molecular complexity index is 759. The molecule has 144 valence electrons. The lowest BCUT2D eigenvalue weighted by Crippen LogP contribution is -2.32. The summed E-state index contributed by atoms with van der Waals surface area (Å²) in [5.41, 5.74) is 4.11. The van der Waals surface area contributed by atoms with Crippen LogP contribution >= 0.6 is 0 Å². The van der Waals surface area contributed by atoms with Crippen molar-refractivity contribution in [3.63, 3.8) is 0 Å². The number of anilines is 1. The molecular weight excluding hydrogens is 340 g/mol. The van der Waals surface area contributed by atoms with Gasteiger partial charge in [0.05, 0.1) is 0 Å². The standard InChI is InChI=1S/C22H28N2O3/c1-4-24(20-15-17(2)12-13-18(20)3)21(25)11-8-14-23-22(26)27-16-19-9-6-5-7-10-19/h5-7,9-10,12-13,15H,4,8,11,14,16H2,1-3H3,(H,23,26). The predicted octanol–water partition coefficient (Wildman–Crippen LogP) is 4.36. The summed E-state index contributed by atoms with van der Waals surface area (Å²) >= 11 is 0. The monoisotopic (exact) mass is 368 g/mol. The first-order chi connectivity index (χ1) is 13.0. The number of nitrogens with one attached hydrogen (secondary N) is 1. The third-order valence-corrected chi connectivity index (χ3v) is 4.32. The first-order valence-electron chi connectivity index (χ1n) is 9.33. The second-order valence-corrected chi connectivity index (χ2v) is 6.52. The fourth-order valence-corrected chi connectivity index (χ4v) is 2.83. The van der Waals surface area contributed by atoms with Gasteiger partial charge >= 0.3 is 6.09 Å². The van der Waals surface area contributed by atoms with Gasteiger partial charge in [0.15, 0.2) is 0 Å². The molecule has 5 heteroatoms. The molecule has 0 spiro atoms. The van der Waals surface area contributed by atoms with E-state index < -0.39 is 6.09 Å². The average molecular weight is 368 g/mol. The molecule has 0 unspecified atom stereocenters. The molecule has 0 aliphatic carbocycles. The first kappa shape index (κ1) is 20.5. The Morgan fingerprint density at radius 3 is 2.52 bits per heavy atom. The Labute approximate surface area is 161 Å². The van der Waals surface area contributed by atoms with Crippen molar-refractivity contribution in [3.8, 4) is 0 Å². The topological polar surface area (TPSA) is 58.6 Å². The molecule has 2 rings (SSSR count). The molecule has 5 nitrogen and oxygen atoms in total. The van der Waals surface area contributed by atoms with Crippen LogP contribution in [0, 0.1) is 13.8 Å². The molecule has 2 aromatic rings. The highest BCUT2D eigenvalue weighted by molar-refractivity contribution is 5.94. The summed E-state index contributed by atoms with van der Waals surface area (Å²) in [6.07, 6.45) is 0.481. The van der Waals surface area contributed by atoms with Crippen molar-refractivity contribution in [3.05, 3.63) is 65.2 Å². The molecule has 0 aromatic heterocycles. The third-order valence-electron chi connectivity index (χ3n) is 4.32. The smallest absolute Gasteiger partial charge is 0.407 e. The van der Waals surface area contributed by atoms with Crippen molar-refractivity contribution in [2.24, 2.45) is 0 Å². The summed E-state index contributed by atoms with van der Waals surface area (Å²) in [6.45, 7) is 7.27. The molecule has 0 radical (unpaired) electrons. The van der Waals surface area contributed by atoms with Crippen LogP contribution in [-0.2, 0) is 16.1 Å². The van der Waals surface area contributed by atoms with E-state index in [1.54, 1.807) is 4.90 Å². The number of rotatable bonds is 8. The molecule has 0 aliphatic rings. The van der Waals surface area contributed by atoms with Crippen molar-refractivity contribution in [1.82, 2.24) is 5.32 Å². The van der Waals surface area contributed by atoms with Gasteiger partial charge in [-0.15, -0.1) is 0 Å². The molecule has 0 bridgehead atoms. The molecule has 0 fully saturated rings. The highest BCUT2D eigenvalue weighted by atomic mass is 16.5. The number of hydrogen-bond acceptors (Lipinski definition) is 3. The van der Waals surface area contributed by atoms with Gasteiger partial charge in [-0.2, -0.15) is 0 Å². The van der Waals surface area contributed by atoms with E-state index in [0.717, 1.165) is 22.4 Å². The van der Waals surface area contributed by atoms with Gasteiger partial charge in [0.1, 0.15) is 6.61 Å². The Hall–Kier alpha value is -2.82. The quantitative estimate of drug-likeness (QED) is 0.704. The van der Waals surface area contributed by atoms with Crippen LogP contribution in [0.1, 0.15) is 36.5 Å². The van der Waals surface area contributed by atoms with Crippen LogP contribution in [0.5, 0.6) is 0 Å². The van der Waals surface area contributed by atoms with Gasteiger partial charge in [-0.05, 0) is 49.9 Å².